The molecule has 0 saturated carbocycles. The van der Waals surface area contributed by atoms with Crippen molar-refractivity contribution in [2.45, 2.75) is 25.9 Å². The Kier molecular flexibility index (Phi) is 5.78. The van der Waals surface area contributed by atoms with Gasteiger partial charge in [-0.15, -0.1) is 0 Å². The van der Waals surface area contributed by atoms with Crippen LogP contribution in [-0.4, -0.2) is 35.1 Å². The number of ether oxygens (including phenoxy) is 2. The highest BCUT2D eigenvalue weighted by Crippen LogP contribution is 2.16. The molecule has 0 radical (unpaired) electrons. The molecule has 8 heteroatoms. The standard InChI is InChI=1S/C20H21N3O5/c1-12(28-18(24)10-5-13-3-7-15(27-2)8-4-13)19(25)21-14-6-9-16-17(11-14)23-20(26)22-16/h3-4,6-9,11-12H,5,10H2,1-2H3,(H,21,25)(H2,22,23,26)/t12-/m1/s1. The van der Waals surface area contributed by atoms with Crippen molar-refractivity contribution in [3.05, 3.63) is 58.5 Å². The zero-order chi connectivity index (χ0) is 20.1. The molecule has 1 atom stereocenters. The summed E-state index contributed by atoms with van der Waals surface area (Å²) < 4.78 is 10.3. The Bertz CT molecular complexity index is 1040. The minimum Gasteiger partial charge on any atom is -0.497 e. The quantitative estimate of drug-likeness (QED) is 0.542. The molecule has 1 aromatic heterocycles. The average molecular weight is 383 g/mol. The predicted molar refractivity (Wildman–Crippen MR) is 104 cm³/mol. The number of anilines is 1. The van der Waals surface area contributed by atoms with Crippen molar-refractivity contribution < 1.29 is 19.1 Å². The van der Waals surface area contributed by atoms with Crippen molar-refractivity contribution >= 4 is 28.6 Å². The van der Waals surface area contributed by atoms with Gasteiger partial charge in [-0.3, -0.25) is 9.59 Å². The summed E-state index contributed by atoms with van der Waals surface area (Å²) in [6, 6.07) is 12.4. The van der Waals surface area contributed by atoms with E-state index < -0.39 is 18.0 Å². The van der Waals surface area contributed by atoms with E-state index in [0.717, 1.165) is 11.3 Å². The highest BCUT2D eigenvalue weighted by molar-refractivity contribution is 5.96. The number of H-pyrrole nitrogens is 2. The Hall–Kier alpha value is -3.55. The highest BCUT2D eigenvalue weighted by atomic mass is 16.5. The lowest BCUT2D eigenvalue weighted by atomic mass is 10.1. The van der Waals surface area contributed by atoms with Crippen LogP contribution in [0.3, 0.4) is 0 Å². The van der Waals surface area contributed by atoms with Crippen molar-refractivity contribution in [2.24, 2.45) is 0 Å². The molecule has 0 aliphatic rings. The second-order valence-corrected chi connectivity index (χ2v) is 6.31. The predicted octanol–water partition coefficient (Wildman–Crippen LogP) is 2.37. The van der Waals surface area contributed by atoms with Crippen LogP contribution >= 0.6 is 0 Å². The van der Waals surface area contributed by atoms with Crippen LogP contribution in [0.2, 0.25) is 0 Å². The number of hydrogen-bond acceptors (Lipinski definition) is 5. The number of aryl methyl sites for hydroxylation is 1. The number of nitrogens with one attached hydrogen (secondary N) is 3. The van der Waals surface area contributed by atoms with Crippen molar-refractivity contribution in [2.75, 3.05) is 12.4 Å². The Morgan fingerprint density at radius 1 is 1.07 bits per heavy atom. The first-order valence-corrected chi connectivity index (χ1v) is 8.80. The zero-order valence-electron chi connectivity index (χ0n) is 15.6. The molecule has 0 saturated heterocycles. The van der Waals surface area contributed by atoms with Crippen molar-refractivity contribution in [3.8, 4) is 5.75 Å². The van der Waals surface area contributed by atoms with Gasteiger partial charge in [0.1, 0.15) is 5.75 Å². The van der Waals surface area contributed by atoms with Crippen LogP contribution in [0, 0.1) is 0 Å². The minimum absolute atomic E-state index is 0.167. The number of amides is 1. The van der Waals surface area contributed by atoms with Gasteiger partial charge in [0.05, 0.1) is 18.1 Å². The van der Waals surface area contributed by atoms with Gasteiger partial charge in [0.25, 0.3) is 5.91 Å². The van der Waals surface area contributed by atoms with Gasteiger partial charge in [0, 0.05) is 12.1 Å². The van der Waals surface area contributed by atoms with E-state index in [9.17, 15) is 14.4 Å². The summed E-state index contributed by atoms with van der Waals surface area (Å²) >= 11 is 0. The lowest BCUT2D eigenvalue weighted by Crippen LogP contribution is -2.30. The highest BCUT2D eigenvalue weighted by Gasteiger charge is 2.18. The van der Waals surface area contributed by atoms with E-state index in [1.54, 1.807) is 25.3 Å². The summed E-state index contributed by atoms with van der Waals surface area (Å²) in [6.07, 6.45) is -0.265. The number of fused-ring (bicyclic) bond motifs is 1. The maximum atomic E-state index is 12.3. The SMILES string of the molecule is COc1ccc(CCC(=O)O[C@H](C)C(=O)Nc2ccc3[nH]c(=O)[nH]c3c2)cc1. The molecule has 1 amide bonds. The maximum absolute atomic E-state index is 12.3. The molecule has 0 bridgehead atoms. The van der Waals surface area contributed by atoms with E-state index in [4.69, 9.17) is 9.47 Å². The van der Waals surface area contributed by atoms with E-state index in [1.165, 1.54) is 6.92 Å². The number of hydrogen-bond donors (Lipinski definition) is 3. The molecule has 1 heterocycles. The second kappa shape index (κ2) is 8.43. The third-order valence-corrected chi connectivity index (χ3v) is 4.24. The molecule has 8 nitrogen and oxygen atoms in total. The van der Waals surface area contributed by atoms with Crippen LogP contribution in [0.25, 0.3) is 11.0 Å². The van der Waals surface area contributed by atoms with E-state index in [-0.39, 0.29) is 12.1 Å². The fourth-order valence-corrected chi connectivity index (χ4v) is 2.70. The summed E-state index contributed by atoms with van der Waals surface area (Å²) in [5.74, 6) is -0.155. The molecular formula is C20H21N3O5. The van der Waals surface area contributed by atoms with E-state index >= 15 is 0 Å². The van der Waals surface area contributed by atoms with Gasteiger partial charge in [0.2, 0.25) is 0 Å². The fraction of sp³-hybridized carbons (Fsp3) is 0.250. The molecule has 146 valence electrons. The number of imidazole rings is 1. The molecule has 0 spiro atoms. The molecular weight excluding hydrogens is 362 g/mol. The summed E-state index contributed by atoms with van der Waals surface area (Å²) in [5, 5.41) is 2.67. The number of benzene rings is 2. The number of carbonyl (C=O) groups is 2. The normalized spacial score (nSPS) is 11.8. The van der Waals surface area contributed by atoms with Crippen LogP contribution in [-0.2, 0) is 20.7 Å². The number of esters is 1. The monoisotopic (exact) mass is 383 g/mol. The number of rotatable bonds is 7. The van der Waals surface area contributed by atoms with Gasteiger partial charge in [0.15, 0.2) is 6.10 Å². The third kappa shape index (κ3) is 4.79. The number of carbonyl (C=O) groups excluding carboxylic acids is 2. The van der Waals surface area contributed by atoms with E-state index in [1.807, 2.05) is 24.3 Å². The van der Waals surface area contributed by atoms with Gasteiger partial charge < -0.3 is 24.8 Å². The average Bonchev–Trinajstić information content (AvgIpc) is 3.06. The molecule has 2 aromatic carbocycles. The zero-order valence-corrected chi connectivity index (χ0v) is 15.6. The summed E-state index contributed by atoms with van der Waals surface area (Å²) in [5.41, 5.74) is 2.36. The lowest BCUT2D eigenvalue weighted by molar-refractivity contribution is -0.153. The smallest absolute Gasteiger partial charge is 0.323 e. The first-order valence-electron chi connectivity index (χ1n) is 8.80. The van der Waals surface area contributed by atoms with Gasteiger partial charge in [-0.05, 0) is 49.2 Å². The Morgan fingerprint density at radius 3 is 2.50 bits per heavy atom. The topological polar surface area (TPSA) is 113 Å². The van der Waals surface area contributed by atoms with Crippen LogP contribution in [0.5, 0.6) is 5.75 Å². The molecule has 3 rings (SSSR count). The van der Waals surface area contributed by atoms with Crippen LogP contribution in [0.15, 0.2) is 47.3 Å². The first kappa shape index (κ1) is 19.2. The molecule has 28 heavy (non-hydrogen) atoms. The fourth-order valence-electron chi connectivity index (χ4n) is 2.70. The van der Waals surface area contributed by atoms with Crippen molar-refractivity contribution in [3.63, 3.8) is 0 Å². The Labute approximate surface area is 160 Å². The number of aromatic amines is 2. The van der Waals surface area contributed by atoms with Crippen LogP contribution < -0.4 is 15.7 Å². The second-order valence-electron chi connectivity index (χ2n) is 6.31. The maximum Gasteiger partial charge on any atom is 0.323 e. The van der Waals surface area contributed by atoms with Crippen LogP contribution in [0.4, 0.5) is 5.69 Å². The molecule has 3 aromatic rings. The van der Waals surface area contributed by atoms with Gasteiger partial charge in [-0.2, -0.15) is 0 Å². The summed E-state index contributed by atoms with van der Waals surface area (Å²) in [4.78, 5) is 40.8. The van der Waals surface area contributed by atoms with Gasteiger partial charge >= 0.3 is 11.7 Å². The Balaban J connectivity index is 1.50. The summed E-state index contributed by atoms with van der Waals surface area (Å²) in [6.45, 7) is 1.51. The van der Waals surface area contributed by atoms with E-state index in [2.05, 4.69) is 15.3 Å². The lowest BCUT2D eigenvalue weighted by Gasteiger charge is -2.13. The van der Waals surface area contributed by atoms with Crippen LogP contribution in [0.1, 0.15) is 18.9 Å². The Morgan fingerprint density at radius 2 is 1.79 bits per heavy atom. The number of methoxy groups -OCH3 is 1. The van der Waals surface area contributed by atoms with Gasteiger partial charge in [-0.25, -0.2) is 4.79 Å². The first-order chi connectivity index (χ1) is 13.4. The molecule has 3 N–H and O–H groups in total. The van der Waals surface area contributed by atoms with E-state index in [0.29, 0.717) is 23.1 Å². The molecule has 0 unspecified atom stereocenters. The van der Waals surface area contributed by atoms with Crippen molar-refractivity contribution in [1.29, 1.82) is 0 Å². The van der Waals surface area contributed by atoms with Crippen molar-refractivity contribution in [1.82, 2.24) is 9.97 Å². The largest absolute Gasteiger partial charge is 0.497 e. The summed E-state index contributed by atoms with van der Waals surface area (Å²) in [7, 11) is 1.59. The number of aromatic nitrogens is 2. The molecule has 0 aliphatic heterocycles. The minimum atomic E-state index is -0.940. The third-order valence-electron chi connectivity index (χ3n) is 4.24. The molecule has 0 fully saturated rings. The molecule has 0 aliphatic carbocycles. The van der Waals surface area contributed by atoms with Gasteiger partial charge in [-0.1, -0.05) is 12.1 Å².